The first-order chi connectivity index (χ1) is 10.0. The number of benzene rings is 2. The SMILES string of the molecule is CCNC(c1cc(Cl)cc(Cl)c1)c1ccc(OC)cc1F. The van der Waals surface area contributed by atoms with Crippen LogP contribution in [0.1, 0.15) is 24.1 Å². The third-order valence-corrected chi connectivity index (χ3v) is 3.58. The van der Waals surface area contributed by atoms with Crippen LogP contribution in [0.3, 0.4) is 0 Å². The highest BCUT2D eigenvalue weighted by Crippen LogP contribution is 2.30. The van der Waals surface area contributed by atoms with Gasteiger partial charge in [-0.1, -0.05) is 36.2 Å². The second kappa shape index (κ2) is 7.12. The van der Waals surface area contributed by atoms with E-state index in [0.717, 1.165) is 5.56 Å². The second-order valence-corrected chi connectivity index (χ2v) is 5.45. The molecule has 5 heteroatoms. The molecule has 0 radical (unpaired) electrons. The lowest BCUT2D eigenvalue weighted by Gasteiger charge is -2.20. The zero-order valence-corrected chi connectivity index (χ0v) is 13.3. The summed E-state index contributed by atoms with van der Waals surface area (Å²) in [5, 5.41) is 4.29. The van der Waals surface area contributed by atoms with Crippen molar-refractivity contribution in [2.75, 3.05) is 13.7 Å². The number of nitrogens with one attached hydrogen (secondary N) is 1. The highest BCUT2D eigenvalue weighted by Gasteiger charge is 2.18. The Labute approximate surface area is 133 Å². The highest BCUT2D eigenvalue weighted by molar-refractivity contribution is 6.34. The zero-order chi connectivity index (χ0) is 15.4. The maximum Gasteiger partial charge on any atom is 0.132 e. The smallest absolute Gasteiger partial charge is 0.132 e. The quantitative estimate of drug-likeness (QED) is 0.848. The number of halogens is 3. The van der Waals surface area contributed by atoms with Gasteiger partial charge < -0.3 is 10.1 Å². The Hall–Kier alpha value is -1.29. The molecule has 0 aliphatic carbocycles. The maximum atomic E-state index is 14.3. The largest absolute Gasteiger partial charge is 0.497 e. The van der Waals surface area contributed by atoms with Gasteiger partial charge in [-0.25, -0.2) is 4.39 Å². The first kappa shape index (κ1) is 16.1. The molecule has 0 saturated heterocycles. The van der Waals surface area contributed by atoms with E-state index in [-0.39, 0.29) is 11.9 Å². The van der Waals surface area contributed by atoms with E-state index in [9.17, 15) is 4.39 Å². The lowest BCUT2D eigenvalue weighted by Crippen LogP contribution is -2.23. The Bertz CT molecular complexity index is 613. The maximum absolute atomic E-state index is 14.3. The van der Waals surface area contributed by atoms with Gasteiger partial charge in [0.25, 0.3) is 0 Å². The van der Waals surface area contributed by atoms with Crippen molar-refractivity contribution < 1.29 is 9.13 Å². The topological polar surface area (TPSA) is 21.3 Å². The third kappa shape index (κ3) is 3.88. The number of hydrogen-bond donors (Lipinski definition) is 1. The molecule has 1 N–H and O–H groups in total. The van der Waals surface area contributed by atoms with Gasteiger partial charge >= 0.3 is 0 Å². The van der Waals surface area contributed by atoms with Gasteiger partial charge in [0, 0.05) is 21.7 Å². The summed E-state index contributed by atoms with van der Waals surface area (Å²) in [5.41, 5.74) is 1.34. The summed E-state index contributed by atoms with van der Waals surface area (Å²) in [5.74, 6) is 0.145. The molecular formula is C16H16Cl2FNO. The van der Waals surface area contributed by atoms with Crippen LogP contribution in [-0.4, -0.2) is 13.7 Å². The van der Waals surface area contributed by atoms with E-state index in [1.807, 2.05) is 6.92 Å². The highest BCUT2D eigenvalue weighted by atomic mass is 35.5. The van der Waals surface area contributed by atoms with Crippen LogP contribution < -0.4 is 10.1 Å². The van der Waals surface area contributed by atoms with Crippen LogP contribution in [0.4, 0.5) is 4.39 Å². The Balaban J connectivity index is 2.47. The van der Waals surface area contributed by atoms with Gasteiger partial charge in [0.15, 0.2) is 0 Å². The van der Waals surface area contributed by atoms with Crippen LogP contribution in [0.25, 0.3) is 0 Å². The molecule has 2 rings (SSSR count). The zero-order valence-electron chi connectivity index (χ0n) is 11.8. The number of methoxy groups -OCH3 is 1. The fraction of sp³-hybridized carbons (Fsp3) is 0.250. The molecular weight excluding hydrogens is 312 g/mol. The Kier molecular flexibility index (Phi) is 5.45. The molecule has 0 fully saturated rings. The van der Waals surface area contributed by atoms with Gasteiger partial charge in [-0.2, -0.15) is 0 Å². The number of ether oxygens (including phenoxy) is 1. The molecule has 0 heterocycles. The summed E-state index contributed by atoms with van der Waals surface area (Å²) in [6.45, 7) is 2.64. The minimum atomic E-state index is -0.337. The van der Waals surface area contributed by atoms with E-state index in [4.69, 9.17) is 27.9 Å². The Morgan fingerprint density at radius 1 is 1.14 bits per heavy atom. The van der Waals surface area contributed by atoms with E-state index < -0.39 is 0 Å². The van der Waals surface area contributed by atoms with Crippen LogP contribution >= 0.6 is 23.2 Å². The fourth-order valence-corrected chi connectivity index (χ4v) is 2.77. The van der Waals surface area contributed by atoms with Crippen LogP contribution in [0.2, 0.25) is 10.0 Å². The molecule has 0 spiro atoms. The Morgan fingerprint density at radius 3 is 2.33 bits per heavy atom. The molecule has 21 heavy (non-hydrogen) atoms. The fourth-order valence-electron chi connectivity index (χ4n) is 2.22. The van der Waals surface area contributed by atoms with E-state index in [1.165, 1.54) is 13.2 Å². The van der Waals surface area contributed by atoms with Gasteiger partial charge in [0.2, 0.25) is 0 Å². The van der Waals surface area contributed by atoms with E-state index in [2.05, 4.69) is 5.32 Å². The molecule has 2 aromatic rings. The standard InChI is InChI=1S/C16H16Cl2FNO/c1-3-20-16(10-6-11(17)8-12(18)7-10)14-5-4-13(21-2)9-15(14)19/h4-9,16,20H,3H2,1-2H3. The van der Waals surface area contributed by atoms with Gasteiger partial charge in [-0.05, 0) is 36.4 Å². The van der Waals surface area contributed by atoms with Gasteiger partial charge in [-0.15, -0.1) is 0 Å². The van der Waals surface area contributed by atoms with Crippen molar-refractivity contribution in [3.8, 4) is 5.75 Å². The summed E-state index contributed by atoms with van der Waals surface area (Å²) in [6.07, 6.45) is 0. The van der Waals surface area contributed by atoms with Gasteiger partial charge in [0.05, 0.1) is 13.2 Å². The summed E-state index contributed by atoms with van der Waals surface area (Å²) in [4.78, 5) is 0. The monoisotopic (exact) mass is 327 g/mol. The normalized spacial score (nSPS) is 12.2. The Morgan fingerprint density at radius 2 is 1.81 bits per heavy atom. The lowest BCUT2D eigenvalue weighted by molar-refractivity contribution is 0.410. The molecule has 0 saturated carbocycles. The van der Waals surface area contributed by atoms with Crippen molar-refractivity contribution in [2.45, 2.75) is 13.0 Å². The van der Waals surface area contributed by atoms with Crippen LogP contribution in [-0.2, 0) is 0 Å². The van der Waals surface area contributed by atoms with Crippen molar-refractivity contribution in [1.29, 1.82) is 0 Å². The molecule has 0 amide bonds. The van der Waals surface area contributed by atoms with E-state index >= 15 is 0 Å². The van der Waals surface area contributed by atoms with Crippen LogP contribution in [0.5, 0.6) is 5.75 Å². The first-order valence-electron chi connectivity index (χ1n) is 6.58. The average molecular weight is 328 g/mol. The summed E-state index contributed by atoms with van der Waals surface area (Å²) < 4.78 is 19.3. The van der Waals surface area contributed by atoms with Crippen molar-refractivity contribution in [1.82, 2.24) is 5.32 Å². The molecule has 0 aromatic heterocycles. The predicted molar refractivity (Wildman–Crippen MR) is 84.9 cm³/mol. The van der Waals surface area contributed by atoms with E-state index in [0.29, 0.717) is 27.9 Å². The van der Waals surface area contributed by atoms with Crippen molar-refractivity contribution in [3.63, 3.8) is 0 Å². The minimum absolute atomic E-state index is 0.322. The third-order valence-electron chi connectivity index (χ3n) is 3.15. The predicted octanol–water partition coefficient (Wildman–Crippen LogP) is 4.84. The lowest BCUT2D eigenvalue weighted by atomic mass is 9.98. The molecule has 0 bridgehead atoms. The van der Waals surface area contributed by atoms with E-state index in [1.54, 1.807) is 30.3 Å². The van der Waals surface area contributed by atoms with Crippen molar-refractivity contribution >= 4 is 23.2 Å². The van der Waals surface area contributed by atoms with Crippen LogP contribution in [0, 0.1) is 5.82 Å². The molecule has 2 nitrogen and oxygen atoms in total. The van der Waals surface area contributed by atoms with Crippen molar-refractivity contribution in [2.24, 2.45) is 0 Å². The number of hydrogen-bond acceptors (Lipinski definition) is 2. The first-order valence-corrected chi connectivity index (χ1v) is 7.33. The molecule has 2 aromatic carbocycles. The molecule has 0 aliphatic rings. The number of rotatable bonds is 5. The summed E-state index contributed by atoms with van der Waals surface area (Å²) in [7, 11) is 1.51. The minimum Gasteiger partial charge on any atom is -0.497 e. The molecule has 1 unspecified atom stereocenters. The molecule has 1 atom stereocenters. The summed E-state index contributed by atoms with van der Waals surface area (Å²) >= 11 is 12.1. The van der Waals surface area contributed by atoms with Crippen LogP contribution in [0.15, 0.2) is 36.4 Å². The molecule has 0 aliphatic heterocycles. The average Bonchev–Trinajstić information content (AvgIpc) is 2.44. The van der Waals surface area contributed by atoms with Gasteiger partial charge in [0.1, 0.15) is 11.6 Å². The van der Waals surface area contributed by atoms with Gasteiger partial charge in [-0.3, -0.25) is 0 Å². The van der Waals surface area contributed by atoms with Crippen molar-refractivity contribution in [3.05, 3.63) is 63.4 Å². The molecule has 112 valence electrons. The second-order valence-electron chi connectivity index (χ2n) is 4.58. The summed E-state index contributed by atoms with van der Waals surface area (Å²) in [6, 6.07) is 9.70.